The molecule has 0 radical (unpaired) electrons. The summed E-state index contributed by atoms with van der Waals surface area (Å²) in [5.41, 5.74) is 2.00. The van der Waals surface area contributed by atoms with Gasteiger partial charge in [-0.1, -0.05) is 6.07 Å². The van der Waals surface area contributed by atoms with E-state index < -0.39 is 10.0 Å². The molecule has 10 heteroatoms. The number of aromatic nitrogens is 2. The Morgan fingerprint density at radius 2 is 1.72 bits per heavy atom. The van der Waals surface area contributed by atoms with Crippen LogP contribution in [0.1, 0.15) is 23.2 Å². The van der Waals surface area contributed by atoms with Crippen molar-refractivity contribution in [3.8, 4) is 0 Å². The molecule has 32 heavy (non-hydrogen) atoms. The van der Waals surface area contributed by atoms with Gasteiger partial charge < -0.3 is 15.5 Å². The number of nitrogens with zero attached hydrogens (tertiary/aromatic N) is 3. The second-order valence-corrected chi connectivity index (χ2v) is 9.21. The molecule has 1 fully saturated rings. The van der Waals surface area contributed by atoms with Gasteiger partial charge in [-0.25, -0.2) is 18.1 Å². The Morgan fingerprint density at radius 1 is 0.969 bits per heavy atom. The number of hydrogen-bond acceptors (Lipinski definition) is 7. The van der Waals surface area contributed by atoms with Crippen molar-refractivity contribution < 1.29 is 13.2 Å². The predicted molar refractivity (Wildman–Crippen MR) is 123 cm³/mol. The van der Waals surface area contributed by atoms with Crippen molar-refractivity contribution in [1.29, 1.82) is 0 Å². The smallest absolute Gasteiger partial charge is 0.253 e. The monoisotopic (exact) mass is 452 g/mol. The fourth-order valence-electron chi connectivity index (χ4n) is 3.42. The molecule has 1 saturated heterocycles. The third kappa shape index (κ3) is 5.04. The van der Waals surface area contributed by atoms with E-state index in [1.807, 2.05) is 17.0 Å². The molecule has 4 rings (SSSR count). The maximum atomic E-state index is 12.5. The van der Waals surface area contributed by atoms with Gasteiger partial charge in [0.15, 0.2) is 0 Å². The molecule has 9 nitrogen and oxygen atoms in total. The standard InChI is InChI=1S/C22H24N6O3S/c1-23-32(30,31)19-6-4-5-18(15-19)26-22-24-12-11-20(27-22)25-17-9-7-16(8-10-17)21(29)28-13-2-3-14-28/h4-12,15,23H,2-3,13-14H2,1H3,(H2,24,25,26,27). The van der Waals surface area contributed by atoms with Gasteiger partial charge in [-0.2, -0.15) is 4.98 Å². The van der Waals surface area contributed by atoms with E-state index in [4.69, 9.17) is 0 Å². The van der Waals surface area contributed by atoms with Gasteiger partial charge in [-0.15, -0.1) is 0 Å². The lowest BCUT2D eigenvalue weighted by Gasteiger charge is -2.15. The van der Waals surface area contributed by atoms with Crippen molar-refractivity contribution in [2.45, 2.75) is 17.7 Å². The van der Waals surface area contributed by atoms with Crippen molar-refractivity contribution in [2.24, 2.45) is 0 Å². The number of amides is 1. The molecule has 0 spiro atoms. The molecule has 3 aromatic rings. The van der Waals surface area contributed by atoms with Gasteiger partial charge in [-0.05, 0) is 68.4 Å². The van der Waals surface area contributed by atoms with Crippen LogP contribution in [0.3, 0.4) is 0 Å². The number of carbonyl (C=O) groups is 1. The van der Waals surface area contributed by atoms with Crippen LogP contribution in [0.5, 0.6) is 0 Å². The predicted octanol–water partition coefficient (Wildman–Crippen LogP) is 3.11. The third-order valence-corrected chi connectivity index (χ3v) is 6.53. The maximum absolute atomic E-state index is 12.5. The average molecular weight is 453 g/mol. The quantitative estimate of drug-likeness (QED) is 0.504. The molecule has 1 aliphatic heterocycles. The zero-order chi connectivity index (χ0) is 22.6. The first-order valence-electron chi connectivity index (χ1n) is 10.2. The molecule has 166 valence electrons. The average Bonchev–Trinajstić information content (AvgIpc) is 3.35. The summed E-state index contributed by atoms with van der Waals surface area (Å²) >= 11 is 0. The summed E-state index contributed by atoms with van der Waals surface area (Å²) in [5, 5.41) is 6.21. The lowest BCUT2D eigenvalue weighted by molar-refractivity contribution is 0.0793. The molecule has 0 aliphatic carbocycles. The van der Waals surface area contributed by atoms with Crippen LogP contribution >= 0.6 is 0 Å². The minimum absolute atomic E-state index is 0.0603. The van der Waals surface area contributed by atoms with E-state index in [0.29, 0.717) is 23.0 Å². The highest BCUT2D eigenvalue weighted by atomic mass is 32.2. The summed E-state index contributed by atoms with van der Waals surface area (Å²) in [7, 11) is -2.18. The highest BCUT2D eigenvalue weighted by molar-refractivity contribution is 7.89. The molecule has 1 aliphatic rings. The number of carbonyl (C=O) groups excluding carboxylic acids is 1. The second-order valence-electron chi connectivity index (χ2n) is 7.33. The largest absolute Gasteiger partial charge is 0.340 e. The molecule has 3 N–H and O–H groups in total. The Kier molecular flexibility index (Phi) is 6.33. The van der Waals surface area contributed by atoms with Gasteiger partial charge in [0.05, 0.1) is 4.90 Å². The number of hydrogen-bond donors (Lipinski definition) is 3. The van der Waals surface area contributed by atoms with E-state index >= 15 is 0 Å². The number of anilines is 4. The number of benzene rings is 2. The summed E-state index contributed by atoms with van der Waals surface area (Å²) in [6.07, 6.45) is 3.72. The van der Waals surface area contributed by atoms with Crippen LogP contribution < -0.4 is 15.4 Å². The zero-order valence-corrected chi connectivity index (χ0v) is 18.4. The van der Waals surface area contributed by atoms with Crippen LogP contribution in [0.15, 0.2) is 65.7 Å². The number of likely N-dealkylation sites (tertiary alicyclic amines) is 1. The van der Waals surface area contributed by atoms with E-state index in [-0.39, 0.29) is 10.8 Å². The third-order valence-electron chi connectivity index (χ3n) is 5.12. The molecule has 1 amide bonds. The second kappa shape index (κ2) is 9.33. The fraction of sp³-hybridized carbons (Fsp3) is 0.227. The molecular formula is C22H24N6O3S. The van der Waals surface area contributed by atoms with Crippen LogP contribution in [0, 0.1) is 0 Å². The summed E-state index contributed by atoms with van der Waals surface area (Å²) in [4.78, 5) is 23.1. The first-order chi connectivity index (χ1) is 15.4. The van der Waals surface area contributed by atoms with Gasteiger partial charge in [0.2, 0.25) is 16.0 Å². The van der Waals surface area contributed by atoms with Crippen LogP contribution in [0.25, 0.3) is 0 Å². The molecule has 0 bridgehead atoms. The van der Waals surface area contributed by atoms with Gasteiger partial charge in [0, 0.05) is 36.2 Å². The molecular weight excluding hydrogens is 428 g/mol. The van der Waals surface area contributed by atoms with Gasteiger partial charge >= 0.3 is 0 Å². The summed E-state index contributed by atoms with van der Waals surface area (Å²) < 4.78 is 26.3. The van der Waals surface area contributed by atoms with Crippen LogP contribution in [0.2, 0.25) is 0 Å². The van der Waals surface area contributed by atoms with E-state index in [9.17, 15) is 13.2 Å². The van der Waals surface area contributed by atoms with Gasteiger partial charge in [-0.3, -0.25) is 4.79 Å². The van der Waals surface area contributed by atoms with Gasteiger partial charge in [0.1, 0.15) is 5.82 Å². The lowest BCUT2D eigenvalue weighted by atomic mass is 10.2. The van der Waals surface area contributed by atoms with Crippen molar-refractivity contribution in [3.05, 3.63) is 66.4 Å². The minimum Gasteiger partial charge on any atom is -0.340 e. The molecule has 2 heterocycles. The molecule has 0 saturated carbocycles. The summed E-state index contributed by atoms with van der Waals surface area (Å²) in [6.45, 7) is 1.64. The highest BCUT2D eigenvalue weighted by Crippen LogP contribution is 2.21. The first-order valence-corrected chi connectivity index (χ1v) is 11.7. The Bertz CT molecular complexity index is 1210. The SMILES string of the molecule is CNS(=O)(=O)c1cccc(Nc2nccc(Nc3ccc(C(=O)N4CCCC4)cc3)n2)c1. The lowest BCUT2D eigenvalue weighted by Crippen LogP contribution is -2.27. The number of nitrogens with one attached hydrogen (secondary N) is 3. The fourth-order valence-corrected chi connectivity index (χ4v) is 4.20. The van der Waals surface area contributed by atoms with Crippen LogP contribution in [0.4, 0.5) is 23.1 Å². The number of rotatable bonds is 7. The van der Waals surface area contributed by atoms with E-state index in [1.165, 1.54) is 19.2 Å². The van der Waals surface area contributed by atoms with Crippen molar-refractivity contribution in [1.82, 2.24) is 19.6 Å². The zero-order valence-electron chi connectivity index (χ0n) is 17.6. The molecule has 2 aromatic carbocycles. The highest BCUT2D eigenvalue weighted by Gasteiger charge is 2.19. The van der Waals surface area contributed by atoms with E-state index in [0.717, 1.165) is 31.6 Å². The molecule has 1 aromatic heterocycles. The van der Waals surface area contributed by atoms with Crippen molar-refractivity contribution in [3.63, 3.8) is 0 Å². The van der Waals surface area contributed by atoms with Crippen LogP contribution in [-0.4, -0.2) is 49.3 Å². The van der Waals surface area contributed by atoms with Crippen molar-refractivity contribution >= 4 is 39.1 Å². The van der Waals surface area contributed by atoms with Crippen molar-refractivity contribution in [2.75, 3.05) is 30.8 Å². The normalized spacial score (nSPS) is 13.7. The minimum atomic E-state index is -3.55. The topological polar surface area (TPSA) is 116 Å². The van der Waals surface area contributed by atoms with Crippen LogP contribution in [-0.2, 0) is 10.0 Å². The summed E-state index contributed by atoms with van der Waals surface area (Å²) in [5.74, 6) is 0.931. The Labute approximate surface area is 187 Å². The van der Waals surface area contributed by atoms with E-state index in [2.05, 4.69) is 25.3 Å². The van der Waals surface area contributed by atoms with Gasteiger partial charge in [0.25, 0.3) is 5.91 Å². The Balaban J connectivity index is 1.44. The van der Waals surface area contributed by atoms with E-state index in [1.54, 1.807) is 36.5 Å². The maximum Gasteiger partial charge on any atom is 0.253 e. The Morgan fingerprint density at radius 3 is 2.44 bits per heavy atom. The Hall–Kier alpha value is -3.50. The first kappa shape index (κ1) is 21.7. The number of sulfonamides is 1. The molecule has 0 unspecified atom stereocenters. The summed E-state index contributed by atoms with van der Waals surface area (Å²) in [6, 6.07) is 15.4. The molecule has 0 atom stereocenters.